The molecule has 2 fully saturated rings. The second-order valence-corrected chi connectivity index (χ2v) is 12.3. The van der Waals surface area contributed by atoms with E-state index in [1.54, 1.807) is 11.1 Å². The van der Waals surface area contributed by atoms with E-state index in [0.717, 1.165) is 37.5 Å². The average molecular weight is 477 g/mol. The maximum Gasteiger partial charge on any atom is 0.00392 e. The van der Waals surface area contributed by atoms with Gasteiger partial charge in [-0.05, 0) is 111 Å². The van der Waals surface area contributed by atoms with E-state index in [1.165, 1.54) is 88.6 Å². The van der Waals surface area contributed by atoms with Crippen LogP contribution in [-0.4, -0.2) is 0 Å². The zero-order chi connectivity index (χ0) is 25.4. The van der Waals surface area contributed by atoms with Crippen LogP contribution < -0.4 is 0 Å². The Labute approximate surface area is 219 Å². The van der Waals surface area contributed by atoms with Crippen molar-refractivity contribution in [3.05, 3.63) is 100 Å². The van der Waals surface area contributed by atoms with Crippen LogP contribution in [0.15, 0.2) is 72.4 Å². The summed E-state index contributed by atoms with van der Waals surface area (Å²) in [5, 5.41) is 0. The smallest absolute Gasteiger partial charge is 0.00392 e. The number of rotatable bonds is 7. The zero-order valence-corrected chi connectivity index (χ0v) is 22.9. The molecule has 0 aromatic heterocycles. The Hall–Kier alpha value is -2.60. The average Bonchev–Trinajstić information content (AvgIpc) is 3.38. The summed E-state index contributed by atoms with van der Waals surface area (Å²) < 4.78 is 0. The Balaban J connectivity index is 1.42. The summed E-state index contributed by atoms with van der Waals surface area (Å²) in [6.07, 6.45) is 14.8. The van der Waals surface area contributed by atoms with Crippen molar-refractivity contribution >= 4 is 6.08 Å². The molecule has 2 atom stereocenters. The molecule has 0 amide bonds. The van der Waals surface area contributed by atoms with Gasteiger partial charge in [-0.15, -0.1) is 6.58 Å². The number of hydrogen-bond acceptors (Lipinski definition) is 0. The van der Waals surface area contributed by atoms with E-state index in [4.69, 9.17) is 0 Å². The van der Waals surface area contributed by atoms with Crippen LogP contribution in [-0.2, 0) is 12.8 Å². The molecule has 36 heavy (non-hydrogen) atoms. The summed E-state index contributed by atoms with van der Waals surface area (Å²) >= 11 is 0. The van der Waals surface area contributed by atoms with Crippen LogP contribution in [0.25, 0.3) is 17.2 Å². The Morgan fingerprint density at radius 2 is 1.69 bits per heavy atom. The van der Waals surface area contributed by atoms with Gasteiger partial charge in [-0.25, -0.2) is 0 Å². The van der Waals surface area contributed by atoms with E-state index in [2.05, 4.69) is 76.9 Å². The molecule has 0 bridgehead atoms. The lowest BCUT2D eigenvalue weighted by atomic mass is 9.75. The topological polar surface area (TPSA) is 0 Å². The second kappa shape index (κ2) is 10.4. The van der Waals surface area contributed by atoms with Crippen molar-refractivity contribution in [3.63, 3.8) is 0 Å². The van der Waals surface area contributed by atoms with Gasteiger partial charge >= 0.3 is 0 Å². The first kappa shape index (κ1) is 25.1. The Kier molecular flexibility index (Phi) is 7.25. The molecular formula is C36H44. The predicted octanol–water partition coefficient (Wildman–Crippen LogP) is 10.1. The molecule has 0 heteroatoms. The monoisotopic (exact) mass is 476 g/mol. The fraction of sp³-hybridized carbons (Fsp3) is 0.444. The highest BCUT2D eigenvalue weighted by molar-refractivity contribution is 5.80. The van der Waals surface area contributed by atoms with Crippen molar-refractivity contribution in [2.45, 2.75) is 85.0 Å². The van der Waals surface area contributed by atoms with Crippen LogP contribution in [0.5, 0.6) is 0 Å². The van der Waals surface area contributed by atoms with Crippen LogP contribution in [0.4, 0.5) is 0 Å². The van der Waals surface area contributed by atoms with Gasteiger partial charge in [-0.3, -0.25) is 0 Å². The van der Waals surface area contributed by atoms with Gasteiger partial charge in [-0.2, -0.15) is 0 Å². The van der Waals surface area contributed by atoms with E-state index >= 15 is 0 Å². The summed E-state index contributed by atoms with van der Waals surface area (Å²) in [4.78, 5) is 0. The van der Waals surface area contributed by atoms with E-state index in [0.29, 0.717) is 5.92 Å². The van der Waals surface area contributed by atoms with Gasteiger partial charge in [0.2, 0.25) is 0 Å². The lowest BCUT2D eigenvalue weighted by molar-refractivity contribution is 0.264. The van der Waals surface area contributed by atoms with Gasteiger partial charge in [0.25, 0.3) is 0 Å². The molecule has 0 aliphatic heterocycles. The van der Waals surface area contributed by atoms with Gasteiger partial charge in [0, 0.05) is 5.92 Å². The molecule has 2 aromatic rings. The minimum Gasteiger partial charge on any atom is -0.100 e. The molecule has 2 saturated carbocycles. The molecule has 0 saturated heterocycles. The van der Waals surface area contributed by atoms with E-state index < -0.39 is 0 Å². The Bertz CT molecular complexity index is 1220. The second-order valence-electron chi connectivity index (χ2n) is 12.3. The maximum atomic E-state index is 4.36. The normalized spacial score (nSPS) is 22.1. The lowest BCUT2D eigenvalue weighted by Crippen LogP contribution is -2.18. The van der Waals surface area contributed by atoms with Crippen LogP contribution in [0.3, 0.4) is 0 Å². The van der Waals surface area contributed by atoms with Crippen molar-refractivity contribution in [1.82, 2.24) is 0 Å². The summed E-state index contributed by atoms with van der Waals surface area (Å²) in [7, 11) is 0. The fourth-order valence-electron chi connectivity index (χ4n) is 7.39. The van der Waals surface area contributed by atoms with Crippen molar-refractivity contribution in [3.8, 4) is 11.1 Å². The van der Waals surface area contributed by atoms with Gasteiger partial charge in [0.05, 0.1) is 0 Å². The number of benzene rings is 2. The first-order valence-electron chi connectivity index (χ1n) is 14.2. The molecule has 3 aliphatic rings. The fourth-order valence-corrected chi connectivity index (χ4v) is 7.39. The maximum absolute atomic E-state index is 4.36. The Morgan fingerprint density at radius 3 is 2.44 bits per heavy atom. The molecular weight excluding hydrogens is 432 g/mol. The first-order valence-corrected chi connectivity index (χ1v) is 14.2. The third kappa shape index (κ3) is 5.24. The number of aryl methyl sites for hydroxylation is 2. The number of fused-ring (bicyclic) bond motifs is 1. The summed E-state index contributed by atoms with van der Waals surface area (Å²) in [5.74, 6) is 2.08. The number of hydrogen-bond donors (Lipinski definition) is 0. The summed E-state index contributed by atoms with van der Waals surface area (Å²) in [6, 6.07) is 11.8. The molecule has 0 heterocycles. The van der Waals surface area contributed by atoms with Crippen LogP contribution in [0.2, 0.25) is 0 Å². The minimum absolute atomic E-state index is 0.476. The van der Waals surface area contributed by atoms with Crippen LogP contribution in [0.1, 0.15) is 86.1 Å². The van der Waals surface area contributed by atoms with Gasteiger partial charge in [0.15, 0.2) is 0 Å². The van der Waals surface area contributed by atoms with Crippen molar-refractivity contribution in [1.29, 1.82) is 0 Å². The lowest BCUT2D eigenvalue weighted by Gasteiger charge is -2.30. The first-order chi connectivity index (χ1) is 17.3. The highest BCUT2D eigenvalue weighted by Crippen LogP contribution is 2.44. The molecule has 3 aliphatic carbocycles. The predicted molar refractivity (Wildman–Crippen MR) is 157 cm³/mol. The number of allylic oxidation sites excluding steroid dienone is 4. The van der Waals surface area contributed by atoms with E-state index in [-0.39, 0.29) is 0 Å². The van der Waals surface area contributed by atoms with Crippen LogP contribution >= 0.6 is 0 Å². The molecule has 2 unspecified atom stereocenters. The minimum atomic E-state index is 0.476. The van der Waals surface area contributed by atoms with E-state index in [9.17, 15) is 0 Å². The molecule has 5 rings (SSSR count). The molecule has 2 aromatic carbocycles. The van der Waals surface area contributed by atoms with Crippen molar-refractivity contribution < 1.29 is 0 Å². The van der Waals surface area contributed by atoms with Crippen LogP contribution in [0, 0.1) is 31.6 Å². The molecule has 188 valence electrons. The molecule has 0 N–H and O–H groups in total. The van der Waals surface area contributed by atoms with Gasteiger partial charge < -0.3 is 0 Å². The molecule has 0 nitrogen and oxygen atoms in total. The highest BCUT2D eigenvalue weighted by atomic mass is 14.3. The van der Waals surface area contributed by atoms with Crippen molar-refractivity contribution in [2.24, 2.45) is 17.8 Å². The standard InChI is InChI=1S/C36H44/c1-23(2)15-28-9-7-10-29(18-28)20-34-27(6)16-24(3)17-36(34)32-12-8-11-31-19-30(22-35(31)32)21-33-25(4)13-14-26(33)5/h8,11-12,16-17,19,28-29,33H,1,4-5,7,9-10,13-15,18,20-22H2,2-3,6H3. The van der Waals surface area contributed by atoms with E-state index in [1.807, 2.05) is 0 Å². The SMILES string of the molecule is C=C(C)CC1CCCC(Cc2c(C)cc(C)cc2-c2cccc3c2CC(CC2C(=C)CCC2=C)=C3)C1. The third-order valence-corrected chi connectivity index (χ3v) is 9.12. The van der Waals surface area contributed by atoms with Gasteiger partial charge in [0.1, 0.15) is 0 Å². The third-order valence-electron chi connectivity index (χ3n) is 9.12. The zero-order valence-electron chi connectivity index (χ0n) is 22.9. The van der Waals surface area contributed by atoms with Crippen molar-refractivity contribution in [2.75, 3.05) is 0 Å². The largest absolute Gasteiger partial charge is 0.100 e. The summed E-state index contributed by atoms with van der Waals surface area (Å²) in [5.41, 5.74) is 16.0. The Morgan fingerprint density at radius 1 is 0.944 bits per heavy atom. The molecule has 0 spiro atoms. The molecule has 0 radical (unpaired) electrons. The van der Waals surface area contributed by atoms with Gasteiger partial charge in [-0.1, -0.05) is 96.7 Å². The highest BCUT2D eigenvalue weighted by Gasteiger charge is 2.28. The summed E-state index contributed by atoms with van der Waals surface area (Å²) in [6.45, 7) is 19.7. The quantitative estimate of drug-likeness (QED) is 0.349.